The predicted octanol–water partition coefficient (Wildman–Crippen LogP) is 17.4. The van der Waals surface area contributed by atoms with E-state index in [9.17, 15) is 5.11 Å². The van der Waals surface area contributed by atoms with Crippen LogP contribution in [0.2, 0.25) is 0 Å². The Kier molecular flexibility index (Phi) is 8.89. The number of hydrogen-bond donors (Lipinski definition) is 1. The fraction of sp³-hybridized carbons (Fsp3) is 0.0492. The van der Waals surface area contributed by atoms with Gasteiger partial charge in [-0.3, -0.25) is 0 Å². The first-order valence-corrected chi connectivity index (χ1v) is 22.8. The molecule has 304 valence electrons. The number of phenols is 1. The van der Waals surface area contributed by atoms with Crippen LogP contribution in [0.15, 0.2) is 218 Å². The molecule has 10 aromatic carbocycles. The molecule has 0 atom stereocenters. The molecule has 1 heterocycles. The molecule has 3 heteroatoms. The van der Waals surface area contributed by atoms with E-state index in [0.717, 1.165) is 50.1 Å². The number of benzene rings is 10. The monoisotopic (exact) mass is 837 g/mol. The highest BCUT2D eigenvalue weighted by Crippen LogP contribution is 2.52. The first-order chi connectivity index (χ1) is 31.4. The van der Waals surface area contributed by atoms with E-state index < -0.39 is 0 Å². The first kappa shape index (κ1) is 38.0. The van der Waals surface area contributed by atoms with Crippen molar-refractivity contribution >= 4 is 59.3 Å². The highest BCUT2D eigenvalue weighted by atomic mass is 32.1. The normalized spacial score (nSPS) is 12.7. The van der Waals surface area contributed by atoms with Crippen molar-refractivity contribution in [2.45, 2.75) is 19.3 Å². The van der Waals surface area contributed by atoms with Crippen LogP contribution in [0.4, 0.5) is 17.1 Å². The zero-order valence-electron chi connectivity index (χ0n) is 35.6. The van der Waals surface area contributed by atoms with Crippen molar-refractivity contribution in [1.82, 2.24) is 0 Å². The summed E-state index contributed by atoms with van der Waals surface area (Å²) in [5, 5.41) is 16.3. The molecule has 0 saturated carbocycles. The minimum absolute atomic E-state index is 0.170. The Bertz CT molecular complexity index is 3580. The molecule has 2 nitrogen and oxygen atoms in total. The number of rotatable bonds is 7. The number of hydrogen-bond acceptors (Lipinski definition) is 3. The molecule has 0 radical (unpaired) electrons. The molecule has 0 aliphatic heterocycles. The summed E-state index contributed by atoms with van der Waals surface area (Å²) in [4.78, 5) is 2.39. The maximum absolute atomic E-state index is 11.8. The summed E-state index contributed by atoms with van der Waals surface area (Å²) in [7, 11) is 0. The molecule has 1 N–H and O–H groups in total. The lowest BCUT2D eigenvalue weighted by Crippen LogP contribution is -2.15. The Balaban J connectivity index is 1.06. The van der Waals surface area contributed by atoms with Crippen molar-refractivity contribution in [3.05, 3.63) is 230 Å². The molecule has 0 spiro atoms. The SMILES string of the molecule is CC1(C)c2ccccc2-c2ccc(-c3cc(-c4ccc5ccccc5c4O)ccc3N(c3ccc(-c4ccccc4)cc3)c3ccc(-c4cccc5c4sc4ccccc45)cc3)cc21. The highest BCUT2D eigenvalue weighted by molar-refractivity contribution is 7.26. The van der Waals surface area contributed by atoms with E-state index in [2.05, 4.69) is 213 Å². The van der Waals surface area contributed by atoms with Gasteiger partial charge in [0.05, 0.1) is 5.69 Å². The van der Waals surface area contributed by atoms with Gasteiger partial charge in [-0.25, -0.2) is 0 Å². The second-order valence-electron chi connectivity index (χ2n) is 17.4. The van der Waals surface area contributed by atoms with E-state index in [1.807, 2.05) is 35.6 Å². The van der Waals surface area contributed by atoms with Gasteiger partial charge in [0, 0.05) is 53.5 Å². The van der Waals surface area contributed by atoms with Gasteiger partial charge in [0.15, 0.2) is 0 Å². The molecular weight excluding hydrogens is 795 g/mol. The Hall–Kier alpha value is -7.72. The van der Waals surface area contributed by atoms with Crippen LogP contribution in [0.1, 0.15) is 25.0 Å². The van der Waals surface area contributed by atoms with Crippen LogP contribution in [0.25, 0.3) is 86.6 Å². The molecular formula is C61H43NOS. The van der Waals surface area contributed by atoms with Crippen molar-refractivity contribution in [3.8, 4) is 61.4 Å². The Morgan fingerprint density at radius 3 is 1.78 bits per heavy atom. The highest BCUT2D eigenvalue weighted by Gasteiger charge is 2.35. The zero-order valence-corrected chi connectivity index (χ0v) is 36.4. The molecule has 11 aromatic rings. The van der Waals surface area contributed by atoms with Crippen LogP contribution in [-0.2, 0) is 5.41 Å². The summed E-state index contributed by atoms with van der Waals surface area (Å²) in [6, 6.07) is 78.7. The lowest BCUT2D eigenvalue weighted by molar-refractivity contribution is 0.483. The lowest BCUT2D eigenvalue weighted by atomic mass is 9.81. The van der Waals surface area contributed by atoms with Crippen LogP contribution >= 0.6 is 11.3 Å². The van der Waals surface area contributed by atoms with Crippen molar-refractivity contribution in [3.63, 3.8) is 0 Å². The van der Waals surface area contributed by atoms with Gasteiger partial charge in [-0.1, -0.05) is 184 Å². The number of thiophene rings is 1. The van der Waals surface area contributed by atoms with Crippen LogP contribution in [0.5, 0.6) is 5.75 Å². The third-order valence-electron chi connectivity index (χ3n) is 13.4. The van der Waals surface area contributed by atoms with Crippen molar-refractivity contribution in [1.29, 1.82) is 0 Å². The quantitative estimate of drug-likeness (QED) is 0.173. The maximum atomic E-state index is 11.8. The average Bonchev–Trinajstić information content (AvgIpc) is 3.84. The number of anilines is 3. The maximum Gasteiger partial charge on any atom is 0.131 e. The van der Waals surface area contributed by atoms with E-state index in [0.29, 0.717) is 5.75 Å². The third kappa shape index (κ3) is 6.15. The average molecular weight is 838 g/mol. The van der Waals surface area contributed by atoms with Gasteiger partial charge >= 0.3 is 0 Å². The number of phenolic OH excluding ortho intramolecular Hbond substituents is 1. The Morgan fingerprint density at radius 2 is 0.969 bits per heavy atom. The van der Waals surface area contributed by atoms with Crippen LogP contribution < -0.4 is 4.90 Å². The fourth-order valence-electron chi connectivity index (χ4n) is 10.1. The Morgan fingerprint density at radius 1 is 0.391 bits per heavy atom. The minimum Gasteiger partial charge on any atom is -0.507 e. The van der Waals surface area contributed by atoms with Gasteiger partial charge in [-0.15, -0.1) is 11.3 Å². The van der Waals surface area contributed by atoms with E-state index in [1.165, 1.54) is 64.7 Å². The molecule has 1 aliphatic carbocycles. The lowest BCUT2D eigenvalue weighted by Gasteiger charge is -2.29. The van der Waals surface area contributed by atoms with Crippen LogP contribution in [-0.4, -0.2) is 5.11 Å². The summed E-state index contributed by atoms with van der Waals surface area (Å²) in [5.41, 5.74) is 17.0. The zero-order chi connectivity index (χ0) is 42.9. The summed E-state index contributed by atoms with van der Waals surface area (Å²) in [6.07, 6.45) is 0. The summed E-state index contributed by atoms with van der Waals surface area (Å²) in [5.74, 6) is 0.292. The van der Waals surface area contributed by atoms with Gasteiger partial charge in [-0.05, 0) is 110 Å². The molecule has 1 aliphatic rings. The second kappa shape index (κ2) is 15.0. The van der Waals surface area contributed by atoms with E-state index in [1.54, 1.807) is 0 Å². The van der Waals surface area contributed by atoms with Crippen molar-refractivity contribution in [2.75, 3.05) is 4.90 Å². The van der Waals surface area contributed by atoms with Gasteiger partial charge < -0.3 is 10.0 Å². The smallest absolute Gasteiger partial charge is 0.131 e. The number of aromatic hydroxyl groups is 1. The molecule has 12 rings (SSSR count). The summed E-state index contributed by atoms with van der Waals surface area (Å²) < 4.78 is 2.61. The topological polar surface area (TPSA) is 23.5 Å². The predicted molar refractivity (Wildman–Crippen MR) is 272 cm³/mol. The summed E-state index contributed by atoms with van der Waals surface area (Å²) in [6.45, 7) is 4.68. The number of nitrogens with zero attached hydrogens (tertiary/aromatic N) is 1. The van der Waals surface area contributed by atoms with E-state index in [-0.39, 0.29) is 5.41 Å². The van der Waals surface area contributed by atoms with Gasteiger partial charge in [0.2, 0.25) is 0 Å². The van der Waals surface area contributed by atoms with Gasteiger partial charge in [-0.2, -0.15) is 0 Å². The van der Waals surface area contributed by atoms with Crippen molar-refractivity contribution in [2.24, 2.45) is 0 Å². The van der Waals surface area contributed by atoms with E-state index in [4.69, 9.17) is 0 Å². The molecule has 0 fully saturated rings. The molecule has 0 bridgehead atoms. The third-order valence-corrected chi connectivity index (χ3v) is 14.6. The van der Waals surface area contributed by atoms with Crippen molar-refractivity contribution < 1.29 is 5.11 Å². The Labute approximate surface area is 377 Å². The largest absolute Gasteiger partial charge is 0.507 e. The molecule has 1 aromatic heterocycles. The molecule has 0 amide bonds. The van der Waals surface area contributed by atoms with E-state index >= 15 is 0 Å². The van der Waals surface area contributed by atoms with Gasteiger partial charge in [0.25, 0.3) is 0 Å². The van der Waals surface area contributed by atoms with Crippen LogP contribution in [0, 0.1) is 0 Å². The van der Waals surface area contributed by atoms with Crippen LogP contribution in [0.3, 0.4) is 0 Å². The summed E-state index contributed by atoms with van der Waals surface area (Å²) >= 11 is 1.86. The fourth-order valence-corrected chi connectivity index (χ4v) is 11.4. The molecule has 0 saturated heterocycles. The first-order valence-electron chi connectivity index (χ1n) is 22.0. The van der Waals surface area contributed by atoms with Gasteiger partial charge in [0.1, 0.15) is 5.75 Å². The minimum atomic E-state index is -0.170. The number of fused-ring (bicyclic) bond motifs is 7. The molecule has 0 unspecified atom stereocenters. The standard InChI is InChI=1S/C61H43NOS/c1-61(2)55-21-10-8-17-50(55)51-35-28-44(38-56(51)61)54-37-43(48-34-27-41-15-6-7-16-47(41)59(48)63)29-36-57(54)62(45-30-23-40(24-31-45)39-13-4-3-5-14-39)46-32-25-42(26-33-46)49-19-12-20-53-52-18-9-11-22-58(52)64-60(49)53/h3-38,63H,1-2H3. The molecule has 64 heavy (non-hydrogen) atoms. The second-order valence-corrected chi connectivity index (χ2v) is 18.5.